The lowest BCUT2D eigenvalue weighted by Gasteiger charge is -2.17. The number of carbonyl (C=O) groups excluding carboxylic acids is 1. The van der Waals surface area contributed by atoms with Crippen LogP contribution in [0.25, 0.3) is 10.9 Å². The van der Waals surface area contributed by atoms with Crippen LogP contribution in [-0.2, 0) is 7.05 Å². The first-order chi connectivity index (χ1) is 10.2. The van der Waals surface area contributed by atoms with E-state index in [2.05, 4.69) is 5.32 Å². The molecule has 1 heterocycles. The summed E-state index contributed by atoms with van der Waals surface area (Å²) in [7, 11) is 1.96. The molecule has 3 rings (SSSR count). The summed E-state index contributed by atoms with van der Waals surface area (Å²) in [4.78, 5) is 12.4. The zero-order valence-corrected chi connectivity index (χ0v) is 12.4. The fourth-order valence-corrected chi connectivity index (χ4v) is 3.46. The second kappa shape index (κ2) is 5.90. The summed E-state index contributed by atoms with van der Waals surface area (Å²) in [5.41, 5.74) is 1.79. The van der Waals surface area contributed by atoms with Crippen molar-refractivity contribution in [2.75, 3.05) is 13.2 Å². The van der Waals surface area contributed by atoms with Gasteiger partial charge in [-0.2, -0.15) is 0 Å². The van der Waals surface area contributed by atoms with Crippen molar-refractivity contribution >= 4 is 16.8 Å². The first-order valence-electron chi connectivity index (χ1n) is 7.64. The second-order valence-corrected chi connectivity index (χ2v) is 6.01. The van der Waals surface area contributed by atoms with Gasteiger partial charge in [-0.25, -0.2) is 0 Å². The van der Waals surface area contributed by atoms with Crippen LogP contribution in [0.2, 0.25) is 0 Å². The predicted molar refractivity (Wildman–Crippen MR) is 83.2 cm³/mol. The van der Waals surface area contributed by atoms with Gasteiger partial charge in [0.15, 0.2) is 0 Å². The molecular weight excluding hydrogens is 264 g/mol. The molecule has 112 valence electrons. The summed E-state index contributed by atoms with van der Waals surface area (Å²) < 4.78 is 1.98. The predicted octanol–water partition coefficient (Wildman–Crippen LogP) is 2.32. The van der Waals surface area contributed by atoms with Crippen molar-refractivity contribution in [2.45, 2.75) is 19.3 Å². The van der Waals surface area contributed by atoms with E-state index in [9.17, 15) is 9.90 Å². The SMILES string of the molecule is Cn1cc(C(=O)NCC2CCCC2CO)c2ccccc21. The lowest BCUT2D eigenvalue weighted by atomic mass is 9.97. The van der Waals surface area contributed by atoms with Crippen LogP contribution in [0.4, 0.5) is 0 Å². The highest BCUT2D eigenvalue weighted by Gasteiger charge is 2.27. The number of nitrogens with one attached hydrogen (secondary N) is 1. The van der Waals surface area contributed by atoms with Gasteiger partial charge in [0, 0.05) is 37.3 Å². The molecule has 0 spiro atoms. The first kappa shape index (κ1) is 14.1. The number of aliphatic hydroxyl groups is 1. The van der Waals surface area contributed by atoms with E-state index >= 15 is 0 Å². The summed E-state index contributed by atoms with van der Waals surface area (Å²) in [5, 5.41) is 13.4. The number of rotatable bonds is 4. The molecule has 1 aromatic heterocycles. The number of hydrogen-bond acceptors (Lipinski definition) is 2. The van der Waals surface area contributed by atoms with E-state index in [0.29, 0.717) is 18.4 Å². The maximum Gasteiger partial charge on any atom is 0.253 e. The number of hydrogen-bond donors (Lipinski definition) is 2. The molecule has 2 N–H and O–H groups in total. The average molecular weight is 286 g/mol. The van der Waals surface area contributed by atoms with E-state index in [1.165, 1.54) is 0 Å². The highest BCUT2D eigenvalue weighted by molar-refractivity contribution is 6.06. The van der Waals surface area contributed by atoms with Crippen LogP contribution in [0, 0.1) is 11.8 Å². The molecule has 1 aromatic carbocycles. The number of nitrogens with zero attached hydrogens (tertiary/aromatic N) is 1. The Balaban J connectivity index is 1.73. The minimum Gasteiger partial charge on any atom is -0.396 e. The molecule has 0 aliphatic heterocycles. The van der Waals surface area contributed by atoms with Gasteiger partial charge in [0.1, 0.15) is 0 Å². The minimum absolute atomic E-state index is 0.0182. The molecule has 1 aliphatic rings. The number of aromatic nitrogens is 1. The zero-order valence-electron chi connectivity index (χ0n) is 12.4. The summed E-state index contributed by atoms with van der Waals surface area (Å²) in [6, 6.07) is 7.94. The number of para-hydroxylation sites is 1. The Morgan fingerprint density at radius 2 is 2.10 bits per heavy atom. The van der Waals surface area contributed by atoms with E-state index in [1.54, 1.807) is 0 Å². The highest BCUT2D eigenvalue weighted by atomic mass is 16.3. The van der Waals surface area contributed by atoms with Gasteiger partial charge in [-0.15, -0.1) is 0 Å². The quantitative estimate of drug-likeness (QED) is 0.906. The standard InChI is InChI=1S/C17H22N2O2/c1-19-10-15(14-7-2-3-8-16(14)19)17(21)18-9-12-5-4-6-13(12)11-20/h2-3,7-8,10,12-13,20H,4-6,9,11H2,1H3,(H,18,21). The zero-order chi connectivity index (χ0) is 14.8. The second-order valence-electron chi connectivity index (χ2n) is 6.01. The Morgan fingerprint density at radius 1 is 1.33 bits per heavy atom. The molecule has 1 fully saturated rings. The molecule has 2 atom stereocenters. The molecule has 0 saturated heterocycles. The summed E-state index contributed by atoms with van der Waals surface area (Å²) in [5.74, 6) is 0.738. The van der Waals surface area contributed by atoms with E-state index in [0.717, 1.165) is 35.7 Å². The van der Waals surface area contributed by atoms with Crippen molar-refractivity contribution in [3.8, 4) is 0 Å². The maximum atomic E-state index is 12.4. The summed E-state index contributed by atoms with van der Waals surface area (Å²) in [6.45, 7) is 0.891. The van der Waals surface area contributed by atoms with Gasteiger partial charge in [-0.3, -0.25) is 4.79 Å². The number of amides is 1. The topological polar surface area (TPSA) is 54.3 Å². The van der Waals surface area contributed by atoms with Crippen LogP contribution in [0.15, 0.2) is 30.5 Å². The van der Waals surface area contributed by atoms with Gasteiger partial charge in [-0.05, 0) is 30.7 Å². The number of carbonyl (C=O) groups is 1. The average Bonchev–Trinajstić information content (AvgIpc) is 3.10. The van der Waals surface area contributed by atoms with Crippen LogP contribution in [0.5, 0.6) is 0 Å². The number of aryl methyl sites for hydroxylation is 1. The van der Waals surface area contributed by atoms with Crippen molar-refractivity contribution < 1.29 is 9.90 Å². The van der Waals surface area contributed by atoms with Crippen molar-refractivity contribution in [3.63, 3.8) is 0 Å². The minimum atomic E-state index is -0.0182. The van der Waals surface area contributed by atoms with Gasteiger partial charge < -0.3 is 15.0 Å². The van der Waals surface area contributed by atoms with Crippen LogP contribution >= 0.6 is 0 Å². The normalized spacial score (nSPS) is 21.8. The van der Waals surface area contributed by atoms with Crippen LogP contribution in [-0.4, -0.2) is 28.7 Å². The monoisotopic (exact) mass is 286 g/mol. The van der Waals surface area contributed by atoms with Crippen LogP contribution in [0.1, 0.15) is 29.6 Å². The third-order valence-corrected chi connectivity index (χ3v) is 4.72. The molecular formula is C17H22N2O2. The third kappa shape index (κ3) is 2.68. The Hall–Kier alpha value is -1.81. The van der Waals surface area contributed by atoms with Gasteiger partial charge in [-0.1, -0.05) is 24.6 Å². The Labute approximate surface area is 124 Å². The van der Waals surface area contributed by atoms with Crippen molar-refractivity contribution in [1.29, 1.82) is 0 Å². The smallest absolute Gasteiger partial charge is 0.253 e. The lowest BCUT2D eigenvalue weighted by molar-refractivity contribution is 0.0939. The molecule has 1 aliphatic carbocycles. The molecule has 21 heavy (non-hydrogen) atoms. The molecule has 1 amide bonds. The Kier molecular flexibility index (Phi) is 3.97. The van der Waals surface area contributed by atoms with Gasteiger partial charge >= 0.3 is 0 Å². The Bertz CT molecular complexity index is 647. The summed E-state index contributed by atoms with van der Waals surface area (Å²) in [6.07, 6.45) is 5.21. The summed E-state index contributed by atoms with van der Waals surface area (Å²) >= 11 is 0. The lowest BCUT2D eigenvalue weighted by Crippen LogP contribution is -2.31. The largest absolute Gasteiger partial charge is 0.396 e. The van der Waals surface area contributed by atoms with Gasteiger partial charge in [0.05, 0.1) is 5.56 Å². The van der Waals surface area contributed by atoms with E-state index in [1.807, 2.05) is 42.1 Å². The number of fused-ring (bicyclic) bond motifs is 1. The fraction of sp³-hybridized carbons (Fsp3) is 0.471. The first-order valence-corrected chi connectivity index (χ1v) is 7.64. The number of aliphatic hydroxyl groups excluding tert-OH is 1. The van der Waals surface area contributed by atoms with Crippen LogP contribution < -0.4 is 5.32 Å². The van der Waals surface area contributed by atoms with Gasteiger partial charge in [0.2, 0.25) is 0 Å². The Morgan fingerprint density at radius 3 is 2.90 bits per heavy atom. The number of benzene rings is 1. The van der Waals surface area contributed by atoms with Crippen LogP contribution in [0.3, 0.4) is 0 Å². The highest BCUT2D eigenvalue weighted by Crippen LogP contribution is 2.30. The molecule has 0 radical (unpaired) electrons. The fourth-order valence-electron chi connectivity index (χ4n) is 3.46. The molecule has 0 bridgehead atoms. The molecule has 4 heteroatoms. The van der Waals surface area contributed by atoms with Crippen molar-refractivity contribution in [3.05, 3.63) is 36.0 Å². The molecule has 4 nitrogen and oxygen atoms in total. The van der Waals surface area contributed by atoms with Crippen molar-refractivity contribution in [1.82, 2.24) is 9.88 Å². The molecule has 2 unspecified atom stereocenters. The molecule has 1 saturated carbocycles. The molecule has 2 aromatic rings. The van der Waals surface area contributed by atoms with Crippen molar-refractivity contribution in [2.24, 2.45) is 18.9 Å². The third-order valence-electron chi connectivity index (χ3n) is 4.72. The van der Waals surface area contributed by atoms with E-state index in [4.69, 9.17) is 0 Å². The van der Waals surface area contributed by atoms with Gasteiger partial charge in [0.25, 0.3) is 5.91 Å². The van der Waals surface area contributed by atoms with E-state index < -0.39 is 0 Å². The van der Waals surface area contributed by atoms with E-state index in [-0.39, 0.29) is 12.5 Å². The maximum absolute atomic E-state index is 12.4.